The first-order valence-corrected chi connectivity index (χ1v) is 18.2. The molecule has 0 N–H and O–H groups in total. The Kier molecular flexibility index (Phi) is 4.05. The van der Waals surface area contributed by atoms with Gasteiger partial charge in [0.1, 0.15) is 0 Å². The van der Waals surface area contributed by atoms with Crippen molar-refractivity contribution >= 4 is 59.6 Å². The van der Waals surface area contributed by atoms with Crippen LogP contribution in [0.3, 0.4) is 0 Å². The summed E-state index contributed by atoms with van der Waals surface area (Å²) >= 11 is 0. The molecule has 0 unspecified atom stereocenters. The molecule has 0 bridgehead atoms. The van der Waals surface area contributed by atoms with Gasteiger partial charge in [-0.25, -0.2) is 0 Å². The average molecular weight is 741 g/mol. The van der Waals surface area contributed by atoms with Gasteiger partial charge in [-0.15, -0.1) is 0 Å². The maximum Gasteiger partial charge on any atom is 0.0629 e. The van der Waals surface area contributed by atoms with E-state index in [4.69, 9.17) is 17.8 Å². The number of hydrogen-bond acceptors (Lipinski definition) is 0. The molecule has 0 spiro atoms. The smallest absolute Gasteiger partial charge is 0.0629 e. The normalized spacial score (nSPS) is 16.5. The molecule has 57 heavy (non-hydrogen) atoms. The minimum absolute atomic E-state index is 0.0405. The first-order chi connectivity index (χ1) is 36.2. The standard InChI is InChI=1S/C56H35N/c1-4-18-36(19-5-1)47-32-39(54-45-28-12-10-26-43(45)53(38-22-8-3-9-23-38)44-27-11-13-29-46(44)54)33-48(37-20-6-2-7-21-37)55(47)40-34-49-41-24-14-16-30-51(41)57-52-31-17-15-25-42(52)50(35-40)56(49)57/h1-35H/i1D,2D,3D,4D,5D,6D,7D,8D,9D,10D,12D,18D,19D,20D,21D,22D,23D,26D,28D. The highest BCUT2D eigenvalue weighted by atomic mass is 14.9. The van der Waals surface area contributed by atoms with Crippen molar-refractivity contribution in [3.63, 3.8) is 0 Å². The molecule has 0 amide bonds. The number of nitrogens with zero attached hydrogens (tertiary/aromatic N) is 1. The summed E-state index contributed by atoms with van der Waals surface area (Å²) in [5, 5.41) is 3.13. The summed E-state index contributed by atoms with van der Waals surface area (Å²) in [7, 11) is 0. The van der Waals surface area contributed by atoms with Gasteiger partial charge in [-0.2, -0.15) is 0 Å². The fourth-order valence-electron chi connectivity index (χ4n) is 8.67. The third kappa shape index (κ3) is 4.76. The van der Waals surface area contributed by atoms with E-state index in [0.29, 0.717) is 5.56 Å². The van der Waals surface area contributed by atoms with Crippen molar-refractivity contribution in [3.8, 4) is 55.6 Å². The quantitative estimate of drug-likeness (QED) is 0.155. The van der Waals surface area contributed by atoms with Gasteiger partial charge in [0, 0.05) is 21.5 Å². The predicted octanol–water partition coefficient (Wildman–Crippen LogP) is 15.5. The highest BCUT2D eigenvalue weighted by Crippen LogP contribution is 2.50. The van der Waals surface area contributed by atoms with Crippen molar-refractivity contribution in [2.45, 2.75) is 0 Å². The van der Waals surface area contributed by atoms with Gasteiger partial charge in [0.05, 0.1) is 42.6 Å². The minimum Gasteiger partial charge on any atom is -0.308 e. The molecule has 2 aromatic heterocycles. The van der Waals surface area contributed by atoms with Gasteiger partial charge < -0.3 is 4.40 Å². The Morgan fingerprint density at radius 3 is 1.18 bits per heavy atom. The zero-order valence-corrected chi connectivity index (χ0v) is 29.7. The van der Waals surface area contributed by atoms with E-state index in [1.165, 1.54) is 12.1 Å². The number of rotatable bonds is 5. The van der Waals surface area contributed by atoms with E-state index in [9.17, 15) is 8.22 Å². The van der Waals surface area contributed by atoms with E-state index in [0.717, 1.165) is 38.1 Å². The van der Waals surface area contributed by atoms with Gasteiger partial charge in [0.2, 0.25) is 0 Å². The zero-order valence-electron chi connectivity index (χ0n) is 48.7. The molecule has 0 aliphatic rings. The monoisotopic (exact) mass is 740 g/mol. The first kappa shape index (κ1) is 18.4. The molecule has 0 saturated heterocycles. The lowest BCUT2D eigenvalue weighted by Gasteiger charge is -2.22. The summed E-state index contributed by atoms with van der Waals surface area (Å²) in [6, 6.07) is 16.0. The summed E-state index contributed by atoms with van der Waals surface area (Å²) in [6.07, 6.45) is 0. The van der Waals surface area contributed by atoms with Gasteiger partial charge in [-0.1, -0.05) is 175 Å². The topological polar surface area (TPSA) is 4.41 Å². The van der Waals surface area contributed by atoms with Gasteiger partial charge in [0.15, 0.2) is 0 Å². The molecule has 0 fully saturated rings. The number of benzene rings is 10. The Balaban J connectivity index is 1.36. The molecule has 12 rings (SSSR count). The van der Waals surface area contributed by atoms with Gasteiger partial charge in [-0.05, 0) is 114 Å². The fourth-order valence-corrected chi connectivity index (χ4v) is 8.67. The number of aromatic nitrogens is 1. The molecular formula is C56H35N. The van der Waals surface area contributed by atoms with Crippen molar-refractivity contribution in [1.29, 1.82) is 0 Å². The van der Waals surface area contributed by atoms with Crippen LogP contribution in [0.1, 0.15) is 26.0 Å². The highest BCUT2D eigenvalue weighted by molar-refractivity contribution is 6.26. The van der Waals surface area contributed by atoms with E-state index in [1.807, 2.05) is 60.7 Å². The molecule has 1 nitrogen and oxygen atoms in total. The van der Waals surface area contributed by atoms with Crippen LogP contribution >= 0.6 is 0 Å². The largest absolute Gasteiger partial charge is 0.308 e. The summed E-state index contributed by atoms with van der Waals surface area (Å²) in [4.78, 5) is 0. The Bertz CT molecular complexity index is 4380. The molecule has 10 aromatic carbocycles. The van der Waals surface area contributed by atoms with Crippen LogP contribution in [0.2, 0.25) is 0 Å². The Hall–Kier alpha value is -7.48. The average Bonchev–Trinajstić information content (AvgIpc) is 3.94. The van der Waals surface area contributed by atoms with Crippen molar-refractivity contribution in [2.75, 3.05) is 0 Å². The second-order valence-electron chi connectivity index (χ2n) is 13.8. The summed E-state index contributed by atoms with van der Waals surface area (Å²) in [5.74, 6) is 0. The Morgan fingerprint density at radius 2 is 0.684 bits per heavy atom. The van der Waals surface area contributed by atoms with E-state index >= 15 is 0 Å². The zero-order chi connectivity index (χ0) is 54.0. The van der Waals surface area contributed by atoms with E-state index in [1.54, 1.807) is 24.3 Å². The lowest BCUT2D eigenvalue weighted by Crippen LogP contribution is -1.95. The molecule has 264 valence electrons. The molecule has 0 aliphatic carbocycles. The second kappa shape index (κ2) is 12.5. The van der Waals surface area contributed by atoms with E-state index in [2.05, 4.69) is 4.40 Å². The maximum absolute atomic E-state index is 9.67. The van der Waals surface area contributed by atoms with Crippen LogP contribution < -0.4 is 0 Å². The number of hydrogen-bond donors (Lipinski definition) is 0. The summed E-state index contributed by atoms with van der Waals surface area (Å²) in [5.41, 5.74) is 1.93. The second-order valence-corrected chi connectivity index (χ2v) is 13.8. The van der Waals surface area contributed by atoms with Crippen molar-refractivity contribution in [1.82, 2.24) is 4.40 Å². The SMILES string of the molecule is [2H]c1c([2H])c([2H])c(-c2cc(-c3c4ccccc4c(-c4c([2H])c([2H])c([2H])c([2H])c4[2H])c4c([2H])c([2H])c([2H])c([2H])c34)cc(-c3c([2H])c([2H])c([2H])c([2H])c3[2H])c2-c2cc3c4ccccc4n4c5ccccc5c(c2)c34)c([2H])c1[2H]. The number of para-hydroxylation sites is 2. The van der Waals surface area contributed by atoms with Crippen molar-refractivity contribution in [2.24, 2.45) is 0 Å². The third-order valence-corrected chi connectivity index (χ3v) is 10.9. The Morgan fingerprint density at radius 1 is 0.298 bits per heavy atom. The predicted molar refractivity (Wildman–Crippen MR) is 243 cm³/mol. The lowest BCUT2D eigenvalue weighted by molar-refractivity contribution is 1.37. The van der Waals surface area contributed by atoms with Crippen LogP contribution in [0.15, 0.2) is 212 Å². The highest BCUT2D eigenvalue weighted by Gasteiger charge is 2.24. The molecule has 0 aliphatic heterocycles. The van der Waals surface area contributed by atoms with Crippen LogP contribution in [0, 0.1) is 0 Å². The van der Waals surface area contributed by atoms with Crippen LogP contribution in [0.5, 0.6) is 0 Å². The summed E-state index contributed by atoms with van der Waals surface area (Å²) in [6.45, 7) is 0. The minimum atomic E-state index is -0.700. The van der Waals surface area contributed by atoms with Gasteiger partial charge in [0.25, 0.3) is 0 Å². The maximum atomic E-state index is 9.67. The van der Waals surface area contributed by atoms with E-state index < -0.39 is 115 Å². The number of fused-ring (bicyclic) bond motifs is 8. The van der Waals surface area contributed by atoms with Crippen LogP contribution in [-0.2, 0) is 0 Å². The molecular weight excluding hydrogens is 687 g/mol. The third-order valence-electron chi connectivity index (χ3n) is 10.9. The van der Waals surface area contributed by atoms with Crippen LogP contribution in [0.4, 0.5) is 0 Å². The Labute approximate surface area is 357 Å². The van der Waals surface area contributed by atoms with Crippen molar-refractivity contribution < 1.29 is 26.0 Å². The van der Waals surface area contributed by atoms with E-state index in [-0.39, 0.29) is 71.6 Å². The fraction of sp³-hybridized carbons (Fsp3) is 0. The first-order valence-electron chi connectivity index (χ1n) is 27.7. The van der Waals surface area contributed by atoms with Crippen molar-refractivity contribution in [3.05, 3.63) is 212 Å². The van der Waals surface area contributed by atoms with Gasteiger partial charge in [-0.3, -0.25) is 0 Å². The van der Waals surface area contributed by atoms with Crippen LogP contribution in [0.25, 0.3) is 115 Å². The molecule has 2 heterocycles. The molecule has 0 radical (unpaired) electrons. The molecule has 12 aromatic rings. The lowest BCUT2D eigenvalue weighted by atomic mass is 9.81. The molecule has 0 atom stereocenters. The summed E-state index contributed by atoms with van der Waals surface area (Å²) < 4.78 is 175. The molecule has 0 saturated carbocycles. The van der Waals surface area contributed by atoms with Crippen LogP contribution in [-0.4, -0.2) is 4.40 Å². The molecule has 1 heteroatoms. The van der Waals surface area contributed by atoms with Gasteiger partial charge >= 0.3 is 0 Å².